The van der Waals surface area contributed by atoms with Gasteiger partial charge in [0.15, 0.2) is 0 Å². The quantitative estimate of drug-likeness (QED) is 0.876. The molecular weight excluding hydrogens is 269 g/mol. The molecule has 1 atom stereocenters. The molecule has 1 N–H and O–H groups in total. The molecule has 0 saturated heterocycles. The molecule has 1 unspecified atom stereocenters. The smallest absolute Gasteiger partial charge is 0.123 e. The summed E-state index contributed by atoms with van der Waals surface area (Å²) in [5.74, 6) is -0.194. The lowest BCUT2D eigenvalue weighted by Crippen LogP contribution is -2.19. The van der Waals surface area contributed by atoms with Gasteiger partial charge in [-0.25, -0.2) is 4.39 Å². The Labute approximate surface area is 116 Å². The summed E-state index contributed by atoms with van der Waals surface area (Å²) in [5.41, 5.74) is 2.98. The molecule has 0 radical (unpaired) electrons. The van der Waals surface area contributed by atoms with Crippen LogP contribution in [0, 0.1) is 19.7 Å². The van der Waals surface area contributed by atoms with Crippen molar-refractivity contribution in [3.63, 3.8) is 0 Å². The average molecular weight is 284 g/mol. The van der Waals surface area contributed by atoms with Crippen LogP contribution >= 0.6 is 22.9 Å². The minimum Gasteiger partial charge on any atom is -0.309 e. The standard InChI is InChI=1S/C14H15ClFNS/c1-8-6-10(16)7-9(2)12(8)13(17-3)14-11(15)4-5-18-14/h4-7,13,17H,1-3H3. The number of rotatable bonds is 3. The van der Waals surface area contributed by atoms with Gasteiger partial charge in [-0.15, -0.1) is 11.3 Å². The first kappa shape index (κ1) is 13.5. The number of hydrogen-bond donors (Lipinski definition) is 1. The van der Waals surface area contributed by atoms with Crippen molar-refractivity contribution in [2.75, 3.05) is 7.05 Å². The van der Waals surface area contributed by atoms with Crippen LogP contribution < -0.4 is 5.32 Å². The van der Waals surface area contributed by atoms with E-state index in [9.17, 15) is 4.39 Å². The fourth-order valence-corrected chi connectivity index (χ4v) is 3.58. The Morgan fingerprint density at radius 2 is 1.89 bits per heavy atom. The lowest BCUT2D eigenvalue weighted by molar-refractivity contribution is 0.619. The van der Waals surface area contributed by atoms with Gasteiger partial charge in [-0.2, -0.15) is 0 Å². The van der Waals surface area contributed by atoms with Gasteiger partial charge >= 0.3 is 0 Å². The largest absolute Gasteiger partial charge is 0.309 e. The minimum atomic E-state index is -0.194. The van der Waals surface area contributed by atoms with Crippen molar-refractivity contribution in [3.05, 3.63) is 56.0 Å². The molecule has 0 aliphatic heterocycles. The van der Waals surface area contributed by atoms with Crippen molar-refractivity contribution in [2.24, 2.45) is 0 Å². The SMILES string of the molecule is CNC(c1sccc1Cl)c1c(C)cc(F)cc1C. The van der Waals surface area contributed by atoms with Gasteiger partial charge in [-0.05, 0) is 61.2 Å². The van der Waals surface area contributed by atoms with Gasteiger partial charge < -0.3 is 5.32 Å². The van der Waals surface area contributed by atoms with Crippen LogP contribution in [0.1, 0.15) is 27.6 Å². The number of benzene rings is 1. The van der Waals surface area contributed by atoms with Gasteiger partial charge in [-0.1, -0.05) is 11.6 Å². The Morgan fingerprint density at radius 3 is 2.33 bits per heavy atom. The summed E-state index contributed by atoms with van der Waals surface area (Å²) in [6, 6.07) is 5.03. The molecule has 96 valence electrons. The van der Waals surface area contributed by atoms with Crippen LogP contribution in [0.25, 0.3) is 0 Å². The molecule has 2 aromatic rings. The zero-order chi connectivity index (χ0) is 13.3. The van der Waals surface area contributed by atoms with Crippen molar-refractivity contribution in [1.29, 1.82) is 0 Å². The second-order valence-corrected chi connectivity index (χ2v) is 5.66. The molecule has 1 aromatic carbocycles. The number of aryl methyl sites for hydroxylation is 2. The summed E-state index contributed by atoms with van der Waals surface area (Å²) < 4.78 is 13.4. The Balaban J connectivity index is 2.56. The Morgan fingerprint density at radius 1 is 1.28 bits per heavy atom. The molecule has 0 bridgehead atoms. The minimum absolute atomic E-state index is 0.0121. The Bertz CT molecular complexity index is 542. The first-order valence-corrected chi connectivity index (χ1v) is 6.97. The van der Waals surface area contributed by atoms with E-state index in [-0.39, 0.29) is 11.9 Å². The molecule has 4 heteroatoms. The third kappa shape index (κ3) is 2.44. The van der Waals surface area contributed by atoms with Gasteiger partial charge in [0.25, 0.3) is 0 Å². The van der Waals surface area contributed by atoms with E-state index in [0.29, 0.717) is 0 Å². The van der Waals surface area contributed by atoms with Crippen LogP contribution in [0.15, 0.2) is 23.6 Å². The molecule has 0 saturated carbocycles. The van der Waals surface area contributed by atoms with Crippen molar-refractivity contribution in [2.45, 2.75) is 19.9 Å². The zero-order valence-corrected chi connectivity index (χ0v) is 12.1. The molecule has 0 amide bonds. The van der Waals surface area contributed by atoms with Crippen molar-refractivity contribution < 1.29 is 4.39 Å². The second-order valence-electron chi connectivity index (χ2n) is 4.31. The maximum absolute atomic E-state index is 13.4. The first-order valence-electron chi connectivity index (χ1n) is 5.71. The summed E-state index contributed by atoms with van der Waals surface area (Å²) in [7, 11) is 1.89. The first-order chi connectivity index (χ1) is 8.54. The summed E-state index contributed by atoms with van der Waals surface area (Å²) in [5, 5.41) is 5.99. The van der Waals surface area contributed by atoms with Crippen LogP contribution in [0.3, 0.4) is 0 Å². The topological polar surface area (TPSA) is 12.0 Å². The highest BCUT2D eigenvalue weighted by Crippen LogP contribution is 2.35. The van der Waals surface area contributed by atoms with Gasteiger partial charge in [0, 0.05) is 4.88 Å². The summed E-state index contributed by atoms with van der Waals surface area (Å²) >= 11 is 7.81. The molecule has 1 aromatic heterocycles. The molecule has 1 nitrogen and oxygen atoms in total. The average Bonchev–Trinajstić information content (AvgIpc) is 2.69. The van der Waals surface area contributed by atoms with E-state index in [1.165, 1.54) is 0 Å². The molecule has 18 heavy (non-hydrogen) atoms. The second kappa shape index (κ2) is 5.39. The Kier molecular flexibility index (Phi) is 4.05. The fourth-order valence-electron chi connectivity index (χ4n) is 2.30. The molecule has 0 aliphatic carbocycles. The van der Waals surface area contributed by atoms with Crippen LogP contribution in [0.4, 0.5) is 4.39 Å². The highest BCUT2D eigenvalue weighted by atomic mass is 35.5. The van der Waals surface area contributed by atoms with Crippen LogP contribution in [0.5, 0.6) is 0 Å². The maximum Gasteiger partial charge on any atom is 0.123 e. The molecule has 2 rings (SSSR count). The van der Waals surface area contributed by atoms with Gasteiger partial charge in [0.1, 0.15) is 5.82 Å². The van der Waals surface area contributed by atoms with Crippen LogP contribution in [0.2, 0.25) is 5.02 Å². The van der Waals surface area contributed by atoms with Gasteiger partial charge in [-0.3, -0.25) is 0 Å². The van der Waals surface area contributed by atoms with E-state index in [1.54, 1.807) is 23.5 Å². The van der Waals surface area contributed by atoms with E-state index in [2.05, 4.69) is 5.32 Å². The number of thiophene rings is 1. The normalized spacial score (nSPS) is 12.7. The third-order valence-corrected chi connectivity index (χ3v) is 4.47. The highest BCUT2D eigenvalue weighted by Gasteiger charge is 2.20. The van der Waals surface area contributed by atoms with E-state index in [0.717, 1.165) is 26.6 Å². The lowest BCUT2D eigenvalue weighted by atomic mass is 9.95. The fraction of sp³-hybridized carbons (Fsp3) is 0.286. The molecule has 1 heterocycles. The molecular formula is C14H15ClFNS. The predicted molar refractivity (Wildman–Crippen MR) is 76.1 cm³/mol. The van der Waals surface area contributed by atoms with E-state index in [4.69, 9.17) is 11.6 Å². The summed E-state index contributed by atoms with van der Waals surface area (Å²) in [4.78, 5) is 1.07. The molecule has 0 spiro atoms. The number of nitrogens with one attached hydrogen (secondary N) is 1. The van der Waals surface area contributed by atoms with Crippen molar-refractivity contribution in [3.8, 4) is 0 Å². The third-order valence-electron chi connectivity index (χ3n) is 3.04. The Hall–Kier alpha value is -0.900. The van der Waals surface area contributed by atoms with Crippen LogP contribution in [-0.2, 0) is 0 Å². The molecule has 0 aliphatic rings. The van der Waals surface area contributed by atoms with E-state index in [1.807, 2.05) is 32.3 Å². The van der Waals surface area contributed by atoms with Crippen molar-refractivity contribution >= 4 is 22.9 Å². The molecule has 0 fully saturated rings. The lowest BCUT2D eigenvalue weighted by Gasteiger charge is -2.20. The van der Waals surface area contributed by atoms with Gasteiger partial charge in [0.2, 0.25) is 0 Å². The summed E-state index contributed by atoms with van der Waals surface area (Å²) in [6.45, 7) is 3.86. The van der Waals surface area contributed by atoms with Gasteiger partial charge in [0.05, 0.1) is 11.1 Å². The zero-order valence-electron chi connectivity index (χ0n) is 10.6. The highest BCUT2D eigenvalue weighted by molar-refractivity contribution is 7.10. The van der Waals surface area contributed by atoms with E-state index >= 15 is 0 Å². The van der Waals surface area contributed by atoms with Crippen LogP contribution in [-0.4, -0.2) is 7.05 Å². The summed E-state index contributed by atoms with van der Waals surface area (Å²) in [6.07, 6.45) is 0. The number of halogens is 2. The predicted octanol–water partition coefficient (Wildman–Crippen LogP) is 4.47. The number of hydrogen-bond acceptors (Lipinski definition) is 2. The monoisotopic (exact) mass is 283 g/mol. The van der Waals surface area contributed by atoms with E-state index < -0.39 is 0 Å². The maximum atomic E-state index is 13.4. The van der Waals surface area contributed by atoms with Crippen molar-refractivity contribution in [1.82, 2.24) is 5.32 Å².